The molecule has 2 heterocycles. The molecule has 0 unspecified atom stereocenters. The van der Waals surface area contributed by atoms with Crippen LogP contribution in [0.25, 0.3) is 0 Å². The molecule has 0 aliphatic carbocycles. The van der Waals surface area contributed by atoms with Crippen molar-refractivity contribution < 1.29 is 13.9 Å². The van der Waals surface area contributed by atoms with Crippen LogP contribution in [-0.4, -0.2) is 55.5 Å². The molecule has 0 bridgehead atoms. The molecule has 4 nitrogen and oxygen atoms in total. The van der Waals surface area contributed by atoms with Gasteiger partial charge in [-0.3, -0.25) is 4.79 Å². The molecule has 39 heavy (non-hydrogen) atoms. The summed E-state index contributed by atoms with van der Waals surface area (Å²) >= 11 is 24.8. The van der Waals surface area contributed by atoms with Crippen molar-refractivity contribution in [2.75, 3.05) is 39.8 Å². The predicted octanol–water partition coefficient (Wildman–Crippen LogP) is 8.11. The van der Waals surface area contributed by atoms with Crippen LogP contribution >= 0.6 is 46.4 Å². The molecule has 2 aliphatic rings. The number of likely N-dealkylation sites (N-methyl/N-ethyl adjacent to an activating group) is 1. The van der Waals surface area contributed by atoms with Crippen LogP contribution in [0.2, 0.25) is 20.1 Å². The summed E-state index contributed by atoms with van der Waals surface area (Å²) in [6.07, 6.45) is 2.64. The third-order valence-corrected chi connectivity index (χ3v) is 9.16. The first-order chi connectivity index (χ1) is 18.6. The molecule has 0 saturated carbocycles. The Kier molecular flexibility index (Phi) is 8.65. The molecule has 9 heteroatoms. The van der Waals surface area contributed by atoms with Crippen LogP contribution in [0.4, 0.5) is 4.39 Å². The second-order valence-corrected chi connectivity index (χ2v) is 12.2. The molecule has 1 amide bonds. The Morgan fingerprint density at radius 1 is 1.00 bits per heavy atom. The minimum absolute atomic E-state index is 0.0314. The van der Waals surface area contributed by atoms with Crippen LogP contribution < -0.4 is 4.74 Å². The highest BCUT2D eigenvalue weighted by atomic mass is 35.5. The van der Waals surface area contributed by atoms with Crippen LogP contribution in [0, 0.1) is 5.82 Å². The SMILES string of the molecule is CN(C[C@@H](CCN1CCC2(CC1)COc1ccc(F)cc12)c1ccc(Cl)c(Cl)c1)C(=O)c1cc(Cl)cc(Cl)c1. The number of carbonyl (C=O) groups is 1. The highest BCUT2D eigenvalue weighted by molar-refractivity contribution is 6.42. The number of fused-ring (bicyclic) bond motifs is 2. The van der Waals surface area contributed by atoms with Crippen molar-refractivity contribution in [3.05, 3.63) is 97.2 Å². The van der Waals surface area contributed by atoms with Gasteiger partial charge in [-0.15, -0.1) is 0 Å². The summed E-state index contributed by atoms with van der Waals surface area (Å²) in [6.45, 7) is 3.72. The summed E-state index contributed by atoms with van der Waals surface area (Å²) in [4.78, 5) is 17.4. The molecule has 1 spiro atoms. The van der Waals surface area contributed by atoms with Gasteiger partial charge >= 0.3 is 0 Å². The number of nitrogens with zero attached hydrogens (tertiary/aromatic N) is 2. The molecule has 3 aromatic rings. The van der Waals surface area contributed by atoms with E-state index in [0.29, 0.717) is 38.8 Å². The number of likely N-dealkylation sites (tertiary alicyclic amines) is 1. The first-order valence-electron chi connectivity index (χ1n) is 13.0. The average molecular weight is 610 g/mol. The first kappa shape index (κ1) is 28.5. The summed E-state index contributed by atoms with van der Waals surface area (Å²) in [6, 6.07) is 15.3. The quantitative estimate of drug-likeness (QED) is 0.271. The number of piperidine rings is 1. The molecule has 0 N–H and O–H groups in total. The van der Waals surface area contributed by atoms with Crippen molar-refractivity contribution in [2.45, 2.75) is 30.6 Å². The van der Waals surface area contributed by atoms with E-state index in [0.717, 1.165) is 55.8 Å². The van der Waals surface area contributed by atoms with Crippen LogP contribution in [0.15, 0.2) is 54.6 Å². The molecular formula is C30H29Cl4FN2O2. The lowest BCUT2D eigenvalue weighted by Gasteiger charge is -2.39. The lowest BCUT2D eigenvalue weighted by Crippen LogP contribution is -2.44. The maximum atomic E-state index is 14.0. The summed E-state index contributed by atoms with van der Waals surface area (Å²) in [5, 5.41) is 1.82. The average Bonchev–Trinajstić information content (AvgIpc) is 3.25. The van der Waals surface area contributed by atoms with E-state index in [1.165, 1.54) is 6.07 Å². The van der Waals surface area contributed by atoms with Gasteiger partial charge in [0.05, 0.1) is 16.7 Å². The van der Waals surface area contributed by atoms with E-state index in [1.807, 2.05) is 12.1 Å². The third kappa shape index (κ3) is 6.34. The van der Waals surface area contributed by atoms with Crippen molar-refractivity contribution >= 4 is 52.3 Å². The van der Waals surface area contributed by atoms with E-state index >= 15 is 0 Å². The Morgan fingerprint density at radius 3 is 2.41 bits per heavy atom. The summed E-state index contributed by atoms with van der Waals surface area (Å²) in [5.41, 5.74) is 2.34. The smallest absolute Gasteiger partial charge is 0.253 e. The Bertz CT molecular complexity index is 1360. The van der Waals surface area contributed by atoms with Gasteiger partial charge in [-0.1, -0.05) is 52.5 Å². The fourth-order valence-corrected chi connectivity index (χ4v) is 6.57. The zero-order chi connectivity index (χ0) is 27.7. The highest BCUT2D eigenvalue weighted by Gasteiger charge is 2.43. The van der Waals surface area contributed by atoms with Crippen molar-refractivity contribution in [3.8, 4) is 5.75 Å². The van der Waals surface area contributed by atoms with Crippen LogP contribution in [0.3, 0.4) is 0 Å². The van der Waals surface area contributed by atoms with E-state index in [2.05, 4.69) is 4.90 Å². The van der Waals surface area contributed by atoms with Crippen molar-refractivity contribution in [1.29, 1.82) is 0 Å². The topological polar surface area (TPSA) is 32.8 Å². The molecule has 206 valence electrons. The van der Waals surface area contributed by atoms with E-state index in [-0.39, 0.29) is 23.1 Å². The largest absolute Gasteiger partial charge is 0.492 e. The molecule has 1 saturated heterocycles. The highest BCUT2D eigenvalue weighted by Crippen LogP contribution is 2.45. The standard InChI is InChI=1S/C30H29Cl4FN2O2/c1-36(29(38)21-12-22(31)15-23(32)13-21)17-20(19-2-4-26(33)27(34)14-19)6-9-37-10-7-30(8-11-37)18-39-28-5-3-24(35)16-25(28)30/h2-5,12-16,20H,6-11,17-18H2,1H3/t20-/m1/s1. The predicted molar refractivity (Wildman–Crippen MR) is 156 cm³/mol. The lowest BCUT2D eigenvalue weighted by atomic mass is 9.74. The zero-order valence-corrected chi connectivity index (χ0v) is 24.6. The molecule has 3 aromatic carbocycles. The molecular weight excluding hydrogens is 581 g/mol. The lowest BCUT2D eigenvalue weighted by molar-refractivity contribution is 0.0779. The summed E-state index contributed by atoms with van der Waals surface area (Å²) in [5.74, 6) is 0.461. The number of carbonyl (C=O) groups excluding carboxylic acids is 1. The minimum Gasteiger partial charge on any atom is -0.492 e. The Balaban J connectivity index is 1.27. The Morgan fingerprint density at radius 2 is 1.72 bits per heavy atom. The van der Waals surface area contributed by atoms with Gasteiger partial charge in [0.25, 0.3) is 5.91 Å². The molecule has 1 atom stereocenters. The Hall–Kier alpha value is -2.02. The number of amides is 1. The second-order valence-electron chi connectivity index (χ2n) is 10.6. The Labute approximate surface area is 248 Å². The van der Waals surface area contributed by atoms with Gasteiger partial charge in [-0.25, -0.2) is 4.39 Å². The molecule has 2 aliphatic heterocycles. The maximum Gasteiger partial charge on any atom is 0.253 e. The fraction of sp³-hybridized carbons (Fsp3) is 0.367. The minimum atomic E-state index is -0.218. The normalized spacial score (nSPS) is 17.1. The fourth-order valence-electron chi connectivity index (χ4n) is 5.73. The second kappa shape index (κ2) is 11.8. The number of benzene rings is 3. The molecule has 0 aromatic heterocycles. The van der Waals surface area contributed by atoms with Crippen molar-refractivity contribution in [1.82, 2.24) is 9.80 Å². The summed E-state index contributed by atoms with van der Waals surface area (Å²) in [7, 11) is 1.78. The van der Waals surface area contributed by atoms with Crippen molar-refractivity contribution in [2.24, 2.45) is 0 Å². The van der Waals surface area contributed by atoms with Gasteiger partial charge in [0, 0.05) is 46.1 Å². The van der Waals surface area contributed by atoms with Crippen molar-refractivity contribution in [3.63, 3.8) is 0 Å². The monoisotopic (exact) mass is 608 g/mol. The van der Waals surface area contributed by atoms with Crippen LogP contribution in [0.5, 0.6) is 5.75 Å². The zero-order valence-electron chi connectivity index (χ0n) is 21.5. The van der Waals surface area contributed by atoms with E-state index < -0.39 is 0 Å². The van der Waals surface area contributed by atoms with Gasteiger partial charge in [-0.05, 0) is 93.0 Å². The molecule has 0 radical (unpaired) electrons. The number of hydrogen-bond acceptors (Lipinski definition) is 3. The number of rotatable bonds is 7. The third-order valence-electron chi connectivity index (χ3n) is 7.99. The van der Waals surface area contributed by atoms with Gasteiger partial charge in [0.1, 0.15) is 11.6 Å². The number of halogens is 5. The number of hydrogen-bond donors (Lipinski definition) is 0. The molecule has 1 fully saturated rings. The van der Waals surface area contributed by atoms with Gasteiger partial charge in [0.2, 0.25) is 0 Å². The summed E-state index contributed by atoms with van der Waals surface area (Å²) < 4.78 is 19.9. The van der Waals surface area contributed by atoms with Crippen LogP contribution in [-0.2, 0) is 5.41 Å². The van der Waals surface area contributed by atoms with E-state index in [4.69, 9.17) is 51.1 Å². The molecule has 5 rings (SSSR count). The van der Waals surface area contributed by atoms with Gasteiger partial charge < -0.3 is 14.5 Å². The van der Waals surface area contributed by atoms with E-state index in [9.17, 15) is 9.18 Å². The first-order valence-corrected chi connectivity index (χ1v) is 14.5. The van der Waals surface area contributed by atoms with E-state index in [1.54, 1.807) is 48.3 Å². The van der Waals surface area contributed by atoms with Gasteiger partial charge in [-0.2, -0.15) is 0 Å². The number of ether oxygens (including phenoxy) is 1. The maximum absolute atomic E-state index is 14.0. The van der Waals surface area contributed by atoms with Crippen LogP contribution in [0.1, 0.15) is 46.7 Å². The van der Waals surface area contributed by atoms with Gasteiger partial charge in [0.15, 0.2) is 0 Å².